The smallest absolute Gasteiger partial charge is 0.226 e. The normalized spacial score (nSPS) is 11.1. The van der Waals surface area contributed by atoms with Crippen LogP contribution in [-0.2, 0) is 21.4 Å². The van der Waals surface area contributed by atoms with E-state index >= 15 is 0 Å². The molecule has 156 valence electrons. The second-order valence-corrected chi connectivity index (χ2v) is 8.20. The molecular formula is C24H32N2O3. The van der Waals surface area contributed by atoms with Gasteiger partial charge in [0.15, 0.2) is 0 Å². The van der Waals surface area contributed by atoms with E-state index in [-0.39, 0.29) is 23.7 Å². The van der Waals surface area contributed by atoms with E-state index in [2.05, 4.69) is 26.1 Å². The SMILES string of the molecule is COc1ccc(CCN(CCC(=O)Nc2ccccc2C(C)(C)C)C(C)=O)cc1. The molecule has 5 nitrogen and oxygen atoms in total. The number of benzene rings is 2. The fraction of sp³-hybridized carbons (Fsp3) is 0.417. The largest absolute Gasteiger partial charge is 0.497 e. The van der Waals surface area contributed by atoms with Crippen molar-refractivity contribution in [2.75, 3.05) is 25.5 Å². The van der Waals surface area contributed by atoms with Gasteiger partial charge in [0.1, 0.15) is 5.75 Å². The van der Waals surface area contributed by atoms with Gasteiger partial charge in [0.05, 0.1) is 7.11 Å². The third kappa shape index (κ3) is 6.93. The van der Waals surface area contributed by atoms with Gasteiger partial charge in [-0.2, -0.15) is 0 Å². The lowest BCUT2D eigenvalue weighted by atomic mass is 9.86. The second-order valence-electron chi connectivity index (χ2n) is 8.20. The first-order valence-electron chi connectivity index (χ1n) is 9.98. The van der Waals surface area contributed by atoms with Gasteiger partial charge in [0, 0.05) is 32.1 Å². The third-order valence-corrected chi connectivity index (χ3v) is 4.89. The van der Waals surface area contributed by atoms with Crippen molar-refractivity contribution in [1.29, 1.82) is 0 Å². The summed E-state index contributed by atoms with van der Waals surface area (Å²) < 4.78 is 5.17. The van der Waals surface area contributed by atoms with Gasteiger partial charge in [-0.15, -0.1) is 0 Å². The van der Waals surface area contributed by atoms with Gasteiger partial charge in [-0.05, 0) is 41.2 Å². The van der Waals surface area contributed by atoms with Gasteiger partial charge in [0.25, 0.3) is 0 Å². The van der Waals surface area contributed by atoms with Crippen LogP contribution in [0.3, 0.4) is 0 Å². The van der Waals surface area contributed by atoms with Crippen molar-refractivity contribution in [3.05, 3.63) is 59.7 Å². The molecule has 0 radical (unpaired) electrons. The first kappa shape index (κ1) is 22.5. The highest BCUT2D eigenvalue weighted by atomic mass is 16.5. The zero-order valence-electron chi connectivity index (χ0n) is 18.1. The maximum atomic E-state index is 12.5. The monoisotopic (exact) mass is 396 g/mol. The van der Waals surface area contributed by atoms with E-state index in [1.165, 1.54) is 0 Å². The molecule has 0 saturated heterocycles. The molecule has 0 saturated carbocycles. The van der Waals surface area contributed by atoms with E-state index in [0.717, 1.165) is 29.0 Å². The molecule has 29 heavy (non-hydrogen) atoms. The Labute approximate surface area is 174 Å². The highest BCUT2D eigenvalue weighted by molar-refractivity contribution is 5.92. The van der Waals surface area contributed by atoms with E-state index < -0.39 is 0 Å². The molecular weight excluding hydrogens is 364 g/mol. The molecule has 0 fully saturated rings. The summed E-state index contributed by atoms with van der Waals surface area (Å²) in [6.45, 7) is 8.88. The Bertz CT molecular complexity index is 823. The molecule has 0 unspecified atom stereocenters. The number of nitrogens with one attached hydrogen (secondary N) is 1. The van der Waals surface area contributed by atoms with Crippen molar-refractivity contribution >= 4 is 17.5 Å². The number of hydrogen-bond donors (Lipinski definition) is 1. The second kappa shape index (κ2) is 10.1. The lowest BCUT2D eigenvalue weighted by molar-refractivity contribution is -0.129. The molecule has 0 aliphatic carbocycles. The van der Waals surface area contributed by atoms with Crippen LogP contribution >= 0.6 is 0 Å². The van der Waals surface area contributed by atoms with Gasteiger partial charge >= 0.3 is 0 Å². The number of rotatable bonds is 8. The quantitative estimate of drug-likeness (QED) is 0.719. The number of amides is 2. The van der Waals surface area contributed by atoms with Crippen LogP contribution in [-0.4, -0.2) is 36.9 Å². The summed E-state index contributed by atoms with van der Waals surface area (Å²) in [6, 6.07) is 15.7. The number of carbonyl (C=O) groups is 2. The van der Waals surface area contributed by atoms with Crippen LogP contribution < -0.4 is 10.1 Å². The molecule has 0 spiro atoms. The molecule has 0 heterocycles. The van der Waals surface area contributed by atoms with E-state index in [1.54, 1.807) is 18.9 Å². The van der Waals surface area contributed by atoms with Gasteiger partial charge in [-0.3, -0.25) is 9.59 Å². The van der Waals surface area contributed by atoms with Crippen LogP contribution in [0.4, 0.5) is 5.69 Å². The van der Waals surface area contributed by atoms with Crippen molar-refractivity contribution in [3.8, 4) is 5.75 Å². The lowest BCUT2D eigenvalue weighted by Gasteiger charge is -2.24. The Morgan fingerprint density at radius 1 is 1.00 bits per heavy atom. The zero-order chi connectivity index (χ0) is 21.4. The summed E-state index contributed by atoms with van der Waals surface area (Å²) in [5, 5.41) is 3.01. The lowest BCUT2D eigenvalue weighted by Crippen LogP contribution is -2.34. The number of ether oxygens (including phenoxy) is 1. The summed E-state index contributed by atoms with van der Waals surface area (Å²) in [7, 11) is 1.64. The molecule has 0 bridgehead atoms. The van der Waals surface area contributed by atoms with E-state index in [9.17, 15) is 9.59 Å². The Kier molecular flexibility index (Phi) is 7.82. The van der Waals surface area contributed by atoms with Crippen molar-refractivity contribution in [2.24, 2.45) is 0 Å². The van der Waals surface area contributed by atoms with Crippen LogP contribution in [0.25, 0.3) is 0 Å². The fourth-order valence-electron chi connectivity index (χ4n) is 3.18. The number of anilines is 1. The number of hydrogen-bond acceptors (Lipinski definition) is 3. The average Bonchev–Trinajstić information content (AvgIpc) is 2.67. The van der Waals surface area contributed by atoms with Crippen LogP contribution in [0, 0.1) is 0 Å². The molecule has 5 heteroatoms. The van der Waals surface area contributed by atoms with Crippen LogP contribution in [0.2, 0.25) is 0 Å². The minimum Gasteiger partial charge on any atom is -0.497 e. The average molecular weight is 397 g/mol. The fourth-order valence-corrected chi connectivity index (χ4v) is 3.18. The number of nitrogens with zero attached hydrogens (tertiary/aromatic N) is 1. The van der Waals surface area contributed by atoms with E-state index in [1.807, 2.05) is 48.5 Å². The molecule has 2 amide bonds. The predicted octanol–water partition coefficient (Wildman–Crippen LogP) is 4.41. The van der Waals surface area contributed by atoms with Crippen molar-refractivity contribution in [2.45, 2.75) is 46.0 Å². The summed E-state index contributed by atoms with van der Waals surface area (Å²) in [5.41, 5.74) is 2.99. The van der Waals surface area contributed by atoms with E-state index in [0.29, 0.717) is 13.1 Å². The molecule has 2 rings (SSSR count). The molecule has 0 aromatic heterocycles. The first-order chi connectivity index (χ1) is 13.7. The first-order valence-corrected chi connectivity index (χ1v) is 9.98. The molecule has 2 aromatic rings. The molecule has 0 aliphatic heterocycles. The minimum atomic E-state index is -0.0857. The molecule has 2 aromatic carbocycles. The van der Waals surface area contributed by atoms with Gasteiger partial charge in [-0.1, -0.05) is 51.1 Å². The van der Waals surface area contributed by atoms with Gasteiger partial charge in [0.2, 0.25) is 11.8 Å². The maximum Gasteiger partial charge on any atom is 0.226 e. The van der Waals surface area contributed by atoms with Crippen LogP contribution in [0.15, 0.2) is 48.5 Å². The standard InChI is InChI=1S/C24H32N2O3/c1-18(27)26(16-14-19-10-12-20(29-5)13-11-19)17-15-23(28)25-22-9-7-6-8-21(22)24(2,3)4/h6-13H,14-17H2,1-5H3,(H,25,28). The summed E-state index contributed by atoms with van der Waals surface area (Å²) in [4.78, 5) is 26.2. The molecule has 1 N–H and O–H groups in total. The number of para-hydroxylation sites is 1. The summed E-state index contributed by atoms with van der Waals surface area (Å²) >= 11 is 0. The van der Waals surface area contributed by atoms with Crippen molar-refractivity contribution < 1.29 is 14.3 Å². The Hall–Kier alpha value is -2.82. The number of carbonyl (C=O) groups excluding carboxylic acids is 2. The van der Waals surface area contributed by atoms with Crippen LogP contribution in [0.5, 0.6) is 5.75 Å². The van der Waals surface area contributed by atoms with Crippen molar-refractivity contribution in [3.63, 3.8) is 0 Å². The zero-order valence-corrected chi connectivity index (χ0v) is 18.1. The summed E-state index contributed by atoms with van der Waals surface area (Å²) in [5.74, 6) is 0.697. The Morgan fingerprint density at radius 2 is 1.66 bits per heavy atom. The number of methoxy groups -OCH3 is 1. The topological polar surface area (TPSA) is 58.6 Å². The highest BCUT2D eigenvalue weighted by Gasteiger charge is 2.19. The Balaban J connectivity index is 1.91. The van der Waals surface area contributed by atoms with Gasteiger partial charge < -0.3 is 15.0 Å². The predicted molar refractivity (Wildman–Crippen MR) is 117 cm³/mol. The Morgan fingerprint density at radius 3 is 2.24 bits per heavy atom. The van der Waals surface area contributed by atoms with E-state index in [4.69, 9.17) is 4.74 Å². The van der Waals surface area contributed by atoms with Crippen molar-refractivity contribution in [1.82, 2.24) is 4.90 Å². The molecule has 0 atom stereocenters. The molecule has 0 aliphatic rings. The van der Waals surface area contributed by atoms with Crippen LogP contribution in [0.1, 0.15) is 45.2 Å². The maximum absolute atomic E-state index is 12.5. The third-order valence-electron chi connectivity index (χ3n) is 4.89. The summed E-state index contributed by atoms with van der Waals surface area (Å²) in [6.07, 6.45) is 0.999. The highest BCUT2D eigenvalue weighted by Crippen LogP contribution is 2.29. The minimum absolute atomic E-state index is 0.0265. The van der Waals surface area contributed by atoms with Gasteiger partial charge in [-0.25, -0.2) is 0 Å².